The van der Waals surface area contributed by atoms with Gasteiger partial charge in [0.25, 0.3) is 0 Å². The van der Waals surface area contributed by atoms with Crippen LogP contribution in [0.5, 0.6) is 5.75 Å². The average molecular weight is 427 g/mol. The molecule has 1 aromatic rings. The third-order valence-electron chi connectivity index (χ3n) is 4.54. The molecule has 2 fully saturated rings. The Morgan fingerprint density at radius 2 is 2.04 bits per heavy atom. The molecule has 148 valence electrons. The predicted octanol–water partition coefficient (Wildman–Crippen LogP) is 1.82. The minimum atomic E-state index is -0.196. The maximum absolute atomic E-state index is 12.5. The summed E-state index contributed by atoms with van der Waals surface area (Å²) in [6, 6.07) is 5.48. The number of morpholine rings is 1. The summed E-state index contributed by atoms with van der Waals surface area (Å²) in [5, 5.41) is 3.94. The van der Waals surface area contributed by atoms with Crippen molar-refractivity contribution in [1.82, 2.24) is 15.1 Å². The number of carbonyl (C=O) groups excluding carboxylic acids is 1. The van der Waals surface area contributed by atoms with Crippen LogP contribution in [-0.2, 0) is 16.1 Å². The van der Waals surface area contributed by atoms with Crippen LogP contribution < -0.4 is 10.1 Å². The highest BCUT2D eigenvalue weighted by Gasteiger charge is 2.28. The number of amides is 1. The van der Waals surface area contributed by atoms with E-state index >= 15 is 0 Å². The predicted molar refractivity (Wildman–Crippen MR) is 107 cm³/mol. The lowest BCUT2D eigenvalue weighted by Gasteiger charge is -2.37. The fourth-order valence-electron chi connectivity index (χ4n) is 3.18. The van der Waals surface area contributed by atoms with Gasteiger partial charge in [0.2, 0.25) is 5.91 Å². The number of halogens is 3. The lowest BCUT2D eigenvalue weighted by Crippen LogP contribution is -2.57. The van der Waals surface area contributed by atoms with Crippen molar-refractivity contribution in [2.24, 2.45) is 0 Å². The third kappa shape index (κ3) is 5.87. The molecule has 2 saturated heterocycles. The minimum Gasteiger partial charge on any atom is -0.496 e. The Morgan fingerprint density at radius 1 is 1.31 bits per heavy atom. The first-order chi connectivity index (χ1) is 11.7. The largest absolute Gasteiger partial charge is 0.496 e. The third-order valence-corrected chi connectivity index (χ3v) is 4.78. The number of nitrogens with zero attached hydrogens (tertiary/aromatic N) is 2. The van der Waals surface area contributed by atoms with Gasteiger partial charge in [-0.1, -0.05) is 11.6 Å². The topological polar surface area (TPSA) is 54.0 Å². The van der Waals surface area contributed by atoms with Crippen LogP contribution in [0.3, 0.4) is 0 Å². The average Bonchev–Trinajstić information content (AvgIpc) is 2.63. The molecule has 0 radical (unpaired) electrons. The van der Waals surface area contributed by atoms with Gasteiger partial charge in [-0.3, -0.25) is 9.69 Å². The monoisotopic (exact) mass is 425 g/mol. The Hall–Kier alpha value is -0.760. The molecule has 1 N–H and O–H groups in total. The van der Waals surface area contributed by atoms with Gasteiger partial charge in [0.05, 0.1) is 20.3 Å². The molecule has 2 aliphatic rings. The van der Waals surface area contributed by atoms with Crippen molar-refractivity contribution in [1.29, 1.82) is 0 Å². The van der Waals surface area contributed by atoms with Crippen molar-refractivity contribution in [2.75, 3.05) is 53.0 Å². The summed E-state index contributed by atoms with van der Waals surface area (Å²) >= 11 is 6.10. The van der Waals surface area contributed by atoms with E-state index in [1.165, 1.54) is 0 Å². The molecule has 2 heterocycles. The summed E-state index contributed by atoms with van der Waals surface area (Å²) < 4.78 is 10.8. The minimum absolute atomic E-state index is 0. The van der Waals surface area contributed by atoms with Crippen molar-refractivity contribution < 1.29 is 14.3 Å². The zero-order chi connectivity index (χ0) is 16.9. The zero-order valence-electron chi connectivity index (χ0n) is 14.8. The van der Waals surface area contributed by atoms with Crippen molar-refractivity contribution >= 4 is 42.3 Å². The molecule has 0 spiro atoms. The van der Waals surface area contributed by atoms with E-state index in [4.69, 9.17) is 21.1 Å². The van der Waals surface area contributed by atoms with Gasteiger partial charge in [-0.25, -0.2) is 0 Å². The van der Waals surface area contributed by atoms with Gasteiger partial charge in [0.15, 0.2) is 0 Å². The Kier molecular flexibility index (Phi) is 10.00. The van der Waals surface area contributed by atoms with E-state index in [9.17, 15) is 4.79 Å². The Bertz CT molecular complexity index is 578. The van der Waals surface area contributed by atoms with Crippen LogP contribution in [0.1, 0.15) is 5.56 Å². The second-order valence-electron chi connectivity index (χ2n) is 6.14. The van der Waals surface area contributed by atoms with Gasteiger partial charge in [-0.2, -0.15) is 0 Å². The molecule has 3 rings (SSSR count). The van der Waals surface area contributed by atoms with E-state index in [1.54, 1.807) is 7.11 Å². The summed E-state index contributed by atoms with van der Waals surface area (Å²) in [5.74, 6) is 0.996. The van der Waals surface area contributed by atoms with Crippen LogP contribution >= 0.6 is 36.4 Å². The van der Waals surface area contributed by atoms with E-state index in [1.807, 2.05) is 23.1 Å². The molecule has 1 atom stereocenters. The van der Waals surface area contributed by atoms with Crippen molar-refractivity contribution in [3.63, 3.8) is 0 Å². The first-order valence-corrected chi connectivity index (χ1v) is 8.70. The second kappa shape index (κ2) is 11.2. The van der Waals surface area contributed by atoms with E-state index < -0.39 is 0 Å². The first kappa shape index (κ1) is 23.3. The molecule has 1 aromatic carbocycles. The van der Waals surface area contributed by atoms with Crippen molar-refractivity contribution in [3.8, 4) is 5.75 Å². The highest BCUT2D eigenvalue weighted by atomic mass is 35.5. The molecule has 1 amide bonds. The van der Waals surface area contributed by atoms with Crippen molar-refractivity contribution in [3.05, 3.63) is 28.8 Å². The number of benzene rings is 1. The van der Waals surface area contributed by atoms with Crippen LogP contribution in [0.15, 0.2) is 18.2 Å². The molecule has 0 bridgehead atoms. The Balaban J connectivity index is 0.00000169. The maximum Gasteiger partial charge on any atom is 0.242 e. The highest BCUT2D eigenvalue weighted by molar-refractivity contribution is 6.30. The number of methoxy groups -OCH3 is 1. The molecule has 0 aliphatic carbocycles. The van der Waals surface area contributed by atoms with Gasteiger partial charge in [-0.05, 0) is 18.2 Å². The fraction of sp³-hybridized carbons (Fsp3) is 0.588. The summed E-state index contributed by atoms with van der Waals surface area (Å²) in [6.07, 6.45) is 0. The summed E-state index contributed by atoms with van der Waals surface area (Å²) in [5.41, 5.74) is 1.08. The number of rotatable bonds is 4. The van der Waals surface area contributed by atoms with Crippen LogP contribution in [0, 0.1) is 0 Å². The molecule has 0 saturated carbocycles. The number of hydrogen-bond donors (Lipinski definition) is 1. The second-order valence-corrected chi connectivity index (χ2v) is 6.58. The summed E-state index contributed by atoms with van der Waals surface area (Å²) in [7, 11) is 1.67. The normalized spacial score (nSPS) is 20.7. The van der Waals surface area contributed by atoms with Gasteiger partial charge in [0, 0.05) is 49.9 Å². The van der Waals surface area contributed by atoms with Gasteiger partial charge in [0.1, 0.15) is 11.8 Å². The smallest absolute Gasteiger partial charge is 0.242 e. The molecule has 26 heavy (non-hydrogen) atoms. The van der Waals surface area contributed by atoms with E-state index in [0.29, 0.717) is 18.2 Å². The molecular weight excluding hydrogens is 401 g/mol. The molecule has 1 unspecified atom stereocenters. The number of piperazine rings is 1. The Labute approximate surface area is 172 Å². The lowest BCUT2D eigenvalue weighted by molar-refractivity contribution is -0.138. The highest BCUT2D eigenvalue weighted by Crippen LogP contribution is 2.24. The molecule has 9 heteroatoms. The molecule has 2 aliphatic heterocycles. The SMILES string of the molecule is COc1ccc(Cl)cc1CN1CCN(C(=O)C2COCCN2)CC1.Cl.Cl. The fourth-order valence-corrected chi connectivity index (χ4v) is 3.38. The number of carbonyl (C=O) groups is 1. The Morgan fingerprint density at radius 3 is 2.65 bits per heavy atom. The first-order valence-electron chi connectivity index (χ1n) is 8.32. The maximum atomic E-state index is 12.5. The van der Waals surface area contributed by atoms with Gasteiger partial charge < -0.3 is 19.7 Å². The van der Waals surface area contributed by atoms with E-state index in [-0.39, 0.29) is 36.8 Å². The lowest BCUT2D eigenvalue weighted by atomic mass is 10.1. The summed E-state index contributed by atoms with van der Waals surface area (Å²) in [4.78, 5) is 16.7. The molecule has 6 nitrogen and oxygen atoms in total. The van der Waals surface area contributed by atoms with E-state index in [0.717, 1.165) is 50.6 Å². The zero-order valence-corrected chi connectivity index (χ0v) is 17.2. The van der Waals surface area contributed by atoms with Gasteiger partial charge >= 0.3 is 0 Å². The van der Waals surface area contributed by atoms with Crippen LogP contribution in [-0.4, -0.2) is 74.8 Å². The van der Waals surface area contributed by atoms with E-state index in [2.05, 4.69) is 10.2 Å². The molecular formula is C17H26Cl3N3O3. The van der Waals surface area contributed by atoms with Gasteiger partial charge in [-0.15, -0.1) is 24.8 Å². The van der Waals surface area contributed by atoms with Crippen LogP contribution in [0.2, 0.25) is 5.02 Å². The van der Waals surface area contributed by atoms with Crippen LogP contribution in [0.4, 0.5) is 0 Å². The quantitative estimate of drug-likeness (QED) is 0.796. The number of nitrogens with one attached hydrogen (secondary N) is 1. The molecule has 0 aromatic heterocycles. The van der Waals surface area contributed by atoms with Crippen molar-refractivity contribution in [2.45, 2.75) is 12.6 Å². The summed E-state index contributed by atoms with van der Waals surface area (Å²) in [6.45, 7) is 5.82. The standard InChI is InChI=1S/C17H24ClN3O3.2ClH/c1-23-16-3-2-14(18)10-13(16)11-20-5-7-21(8-6-20)17(22)15-12-24-9-4-19-15;;/h2-3,10,15,19H,4-9,11-12H2,1H3;2*1H. The number of hydrogen-bond acceptors (Lipinski definition) is 5. The van der Waals surface area contributed by atoms with Crippen LogP contribution in [0.25, 0.3) is 0 Å². The number of ether oxygens (including phenoxy) is 2.